The lowest BCUT2D eigenvalue weighted by Crippen LogP contribution is -2.44. The first-order valence-electron chi connectivity index (χ1n) is 6.29. The summed E-state index contributed by atoms with van der Waals surface area (Å²) in [6.07, 6.45) is -4.29. The third-order valence-corrected chi connectivity index (χ3v) is 3.07. The van der Waals surface area contributed by atoms with Crippen LogP contribution in [0.15, 0.2) is 24.3 Å². The molecule has 1 heterocycles. The molecule has 0 atom stereocenters. The minimum absolute atomic E-state index is 0. The predicted molar refractivity (Wildman–Crippen MR) is 80.7 cm³/mol. The van der Waals surface area contributed by atoms with Crippen molar-refractivity contribution in [3.05, 3.63) is 29.8 Å². The molecule has 1 aromatic rings. The highest BCUT2D eigenvalue weighted by atomic mass is 35.5. The van der Waals surface area contributed by atoms with Crippen LogP contribution in [-0.4, -0.2) is 44.2 Å². The van der Waals surface area contributed by atoms with Gasteiger partial charge in [-0.15, -0.1) is 24.8 Å². The Morgan fingerprint density at radius 3 is 2.14 bits per heavy atom. The lowest BCUT2D eigenvalue weighted by Gasteiger charge is -2.26. The molecule has 1 aliphatic heterocycles. The Balaban J connectivity index is 0.00000200. The van der Waals surface area contributed by atoms with Crippen LogP contribution < -0.4 is 10.1 Å². The van der Waals surface area contributed by atoms with Gasteiger partial charge in [0.2, 0.25) is 0 Å². The maximum absolute atomic E-state index is 12.4. The summed E-state index contributed by atoms with van der Waals surface area (Å²) < 4.78 is 42.5. The molecule has 0 bridgehead atoms. The molecule has 122 valence electrons. The van der Waals surface area contributed by atoms with Crippen LogP contribution in [0.25, 0.3) is 0 Å². The number of alkyl halides is 3. The van der Waals surface area contributed by atoms with E-state index >= 15 is 0 Å². The molecule has 21 heavy (non-hydrogen) atoms. The van der Waals surface area contributed by atoms with Gasteiger partial charge >= 0.3 is 6.18 Å². The lowest BCUT2D eigenvalue weighted by atomic mass is 10.2. The van der Waals surface area contributed by atoms with Gasteiger partial charge in [-0.25, -0.2) is 0 Å². The summed E-state index contributed by atoms with van der Waals surface area (Å²) in [5, 5.41) is 3.25. The Labute approximate surface area is 134 Å². The smallest absolute Gasteiger partial charge is 0.416 e. The Kier molecular flexibility index (Phi) is 9.04. The standard InChI is InChI=1S/C13H17F3N2O.2ClH/c14-13(15,16)11-1-3-12(4-2-11)19-10-9-18-7-5-17-6-8-18;;/h1-4,17H,5-10H2;2*1H. The molecule has 1 saturated heterocycles. The van der Waals surface area contributed by atoms with E-state index in [0.717, 1.165) is 44.9 Å². The average Bonchev–Trinajstić information content (AvgIpc) is 2.39. The molecule has 0 aliphatic carbocycles. The first kappa shape index (κ1) is 20.3. The molecular weight excluding hydrogens is 328 g/mol. The molecule has 0 radical (unpaired) electrons. The number of benzene rings is 1. The normalized spacial score (nSPS) is 15.8. The van der Waals surface area contributed by atoms with Crippen LogP contribution in [0.5, 0.6) is 5.75 Å². The number of hydrogen-bond donors (Lipinski definition) is 1. The molecule has 1 aliphatic rings. The summed E-state index contributed by atoms with van der Waals surface area (Å²) in [7, 11) is 0. The van der Waals surface area contributed by atoms with Gasteiger partial charge < -0.3 is 10.1 Å². The number of rotatable bonds is 4. The number of hydrogen-bond acceptors (Lipinski definition) is 3. The molecule has 8 heteroatoms. The number of nitrogens with one attached hydrogen (secondary N) is 1. The van der Waals surface area contributed by atoms with Crippen molar-refractivity contribution in [2.45, 2.75) is 6.18 Å². The van der Waals surface area contributed by atoms with Gasteiger partial charge in [0, 0.05) is 32.7 Å². The summed E-state index contributed by atoms with van der Waals surface area (Å²) in [5.74, 6) is 0.475. The van der Waals surface area contributed by atoms with Crippen LogP contribution in [0.1, 0.15) is 5.56 Å². The largest absolute Gasteiger partial charge is 0.492 e. The number of nitrogens with zero attached hydrogens (tertiary/aromatic N) is 1. The molecule has 1 fully saturated rings. The minimum atomic E-state index is -4.29. The zero-order valence-electron chi connectivity index (χ0n) is 11.4. The maximum atomic E-state index is 12.4. The first-order valence-corrected chi connectivity index (χ1v) is 6.29. The van der Waals surface area contributed by atoms with Crippen molar-refractivity contribution in [1.82, 2.24) is 10.2 Å². The van der Waals surface area contributed by atoms with Gasteiger partial charge in [-0.1, -0.05) is 0 Å². The van der Waals surface area contributed by atoms with Crippen LogP contribution in [-0.2, 0) is 6.18 Å². The summed E-state index contributed by atoms with van der Waals surface area (Å²) in [6, 6.07) is 4.81. The molecule has 0 spiro atoms. The van der Waals surface area contributed by atoms with Crippen LogP contribution in [0, 0.1) is 0 Å². The van der Waals surface area contributed by atoms with Crippen molar-refractivity contribution in [2.24, 2.45) is 0 Å². The van der Waals surface area contributed by atoms with E-state index in [-0.39, 0.29) is 24.8 Å². The second-order valence-electron chi connectivity index (χ2n) is 4.46. The van der Waals surface area contributed by atoms with E-state index in [9.17, 15) is 13.2 Å². The Morgan fingerprint density at radius 2 is 1.62 bits per heavy atom. The van der Waals surface area contributed by atoms with Crippen molar-refractivity contribution in [2.75, 3.05) is 39.3 Å². The summed E-state index contributed by atoms with van der Waals surface area (Å²) in [6.45, 7) is 5.20. The average molecular weight is 347 g/mol. The molecule has 0 amide bonds. The molecule has 3 nitrogen and oxygen atoms in total. The molecule has 1 aromatic carbocycles. The van der Waals surface area contributed by atoms with Crippen LogP contribution in [0.2, 0.25) is 0 Å². The zero-order valence-corrected chi connectivity index (χ0v) is 13.0. The minimum Gasteiger partial charge on any atom is -0.492 e. The molecule has 2 rings (SSSR count). The number of piperazine rings is 1. The number of ether oxygens (including phenoxy) is 1. The van der Waals surface area contributed by atoms with Crippen molar-refractivity contribution in [3.8, 4) is 5.75 Å². The second-order valence-corrected chi connectivity index (χ2v) is 4.46. The fourth-order valence-electron chi connectivity index (χ4n) is 1.97. The summed E-state index contributed by atoms with van der Waals surface area (Å²) in [5.41, 5.74) is -0.651. The topological polar surface area (TPSA) is 24.5 Å². The van der Waals surface area contributed by atoms with E-state index in [1.807, 2.05) is 0 Å². The Hall–Kier alpha value is -0.690. The summed E-state index contributed by atoms with van der Waals surface area (Å²) in [4.78, 5) is 2.26. The molecule has 0 saturated carbocycles. The van der Waals surface area contributed by atoms with Crippen molar-refractivity contribution in [1.29, 1.82) is 0 Å². The predicted octanol–water partition coefficient (Wildman–Crippen LogP) is 2.83. The van der Waals surface area contributed by atoms with Crippen molar-refractivity contribution >= 4 is 24.8 Å². The second kappa shape index (κ2) is 9.35. The summed E-state index contributed by atoms with van der Waals surface area (Å²) >= 11 is 0. The van der Waals surface area contributed by atoms with Crippen molar-refractivity contribution in [3.63, 3.8) is 0 Å². The van der Waals surface area contributed by atoms with Crippen LogP contribution in [0.3, 0.4) is 0 Å². The Bertz CT molecular complexity index is 395. The van der Waals surface area contributed by atoms with Crippen LogP contribution in [0.4, 0.5) is 13.2 Å². The van der Waals surface area contributed by atoms with Gasteiger partial charge in [0.25, 0.3) is 0 Å². The van der Waals surface area contributed by atoms with E-state index in [1.165, 1.54) is 12.1 Å². The Morgan fingerprint density at radius 1 is 1.05 bits per heavy atom. The highest BCUT2D eigenvalue weighted by Crippen LogP contribution is 2.30. The van der Waals surface area contributed by atoms with E-state index in [2.05, 4.69) is 10.2 Å². The van der Waals surface area contributed by atoms with Gasteiger partial charge in [0.05, 0.1) is 5.56 Å². The third kappa shape index (κ3) is 6.74. The van der Waals surface area contributed by atoms with E-state index in [4.69, 9.17) is 4.74 Å². The van der Waals surface area contributed by atoms with Gasteiger partial charge in [0.15, 0.2) is 0 Å². The van der Waals surface area contributed by atoms with E-state index < -0.39 is 11.7 Å². The van der Waals surface area contributed by atoms with E-state index in [1.54, 1.807) is 0 Å². The number of halogens is 5. The first-order chi connectivity index (χ1) is 9.05. The molecular formula is C13H19Cl2F3N2O. The van der Waals surface area contributed by atoms with Gasteiger partial charge in [-0.2, -0.15) is 13.2 Å². The van der Waals surface area contributed by atoms with Crippen LogP contribution >= 0.6 is 24.8 Å². The maximum Gasteiger partial charge on any atom is 0.416 e. The molecule has 0 aromatic heterocycles. The van der Waals surface area contributed by atoms with Crippen molar-refractivity contribution < 1.29 is 17.9 Å². The van der Waals surface area contributed by atoms with Gasteiger partial charge in [-0.05, 0) is 24.3 Å². The fraction of sp³-hybridized carbons (Fsp3) is 0.538. The van der Waals surface area contributed by atoms with Gasteiger partial charge in [0.1, 0.15) is 12.4 Å². The highest BCUT2D eigenvalue weighted by molar-refractivity contribution is 5.85. The third-order valence-electron chi connectivity index (χ3n) is 3.07. The lowest BCUT2D eigenvalue weighted by molar-refractivity contribution is -0.137. The molecule has 0 unspecified atom stereocenters. The molecule has 1 N–H and O–H groups in total. The SMILES string of the molecule is Cl.Cl.FC(F)(F)c1ccc(OCCN2CCNCC2)cc1. The van der Waals surface area contributed by atoms with Gasteiger partial charge in [-0.3, -0.25) is 4.90 Å². The monoisotopic (exact) mass is 346 g/mol. The fourth-order valence-corrected chi connectivity index (χ4v) is 1.97. The van der Waals surface area contributed by atoms with E-state index in [0.29, 0.717) is 12.4 Å². The zero-order chi connectivity index (χ0) is 13.7. The highest BCUT2D eigenvalue weighted by Gasteiger charge is 2.29. The quantitative estimate of drug-likeness (QED) is 0.907.